The van der Waals surface area contributed by atoms with Gasteiger partial charge in [-0.15, -0.1) is 12.4 Å². The highest BCUT2D eigenvalue weighted by Crippen LogP contribution is 2.26. The maximum Gasteiger partial charge on any atom is 0.255 e. The Labute approximate surface area is 169 Å². The lowest BCUT2D eigenvalue weighted by Crippen LogP contribution is -2.25. The Morgan fingerprint density at radius 3 is 2.57 bits per heavy atom. The molecule has 0 bridgehead atoms. The van der Waals surface area contributed by atoms with E-state index in [1.807, 2.05) is 6.07 Å². The fourth-order valence-electron chi connectivity index (χ4n) is 3.53. The number of carbonyl (C=O) groups excluding carboxylic acids is 1. The van der Waals surface area contributed by atoms with E-state index in [2.05, 4.69) is 10.6 Å². The van der Waals surface area contributed by atoms with Crippen LogP contribution in [0.5, 0.6) is 0 Å². The summed E-state index contributed by atoms with van der Waals surface area (Å²) in [6.07, 6.45) is 1.18. The summed E-state index contributed by atoms with van der Waals surface area (Å²) in [5.41, 5.74) is 2.59. The zero-order chi connectivity index (χ0) is 19.0. The number of benzene rings is 2. The topological polar surface area (TPSA) is 78.5 Å². The SMILES string of the molecule is Cl.O=C(Nc1ccc2c(c1F)CCNC2)c1ccc(N2CCCS2(=O)=O)cc1. The van der Waals surface area contributed by atoms with E-state index in [0.29, 0.717) is 49.3 Å². The Morgan fingerprint density at radius 1 is 1.14 bits per heavy atom. The number of anilines is 2. The molecule has 2 N–H and O–H groups in total. The molecular weight excluding hydrogens is 405 g/mol. The van der Waals surface area contributed by atoms with Gasteiger partial charge in [0.2, 0.25) is 10.0 Å². The number of nitrogens with zero attached hydrogens (tertiary/aromatic N) is 1. The second-order valence-electron chi connectivity index (χ2n) is 6.73. The van der Waals surface area contributed by atoms with Gasteiger partial charge in [0, 0.05) is 18.7 Å². The fraction of sp³-hybridized carbons (Fsp3) is 0.316. The number of nitrogens with one attached hydrogen (secondary N) is 2. The number of amides is 1. The van der Waals surface area contributed by atoms with Gasteiger partial charge < -0.3 is 10.6 Å². The summed E-state index contributed by atoms with van der Waals surface area (Å²) in [4.78, 5) is 12.5. The number of halogens is 2. The lowest BCUT2D eigenvalue weighted by molar-refractivity contribution is 0.102. The minimum Gasteiger partial charge on any atom is -0.319 e. The molecule has 0 radical (unpaired) electrons. The first-order valence-electron chi connectivity index (χ1n) is 8.88. The van der Waals surface area contributed by atoms with Crippen molar-refractivity contribution in [3.05, 3.63) is 58.9 Å². The van der Waals surface area contributed by atoms with Crippen LogP contribution in [0.3, 0.4) is 0 Å². The van der Waals surface area contributed by atoms with Crippen LogP contribution < -0.4 is 14.9 Å². The molecule has 6 nitrogen and oxygen atoms in total. The van der Waals surface area contributed by atoms with E-state index >= 15 is 0 Å². The lowest BCUT2D eigenvalue weighted by Gasteiger charge is -2.19. The summed E-state index contributed by atoms with van der Waals surface area (Å²) in [5, 5.41) is 5.80. The molecule has 0 saturated carbocycles. The molecule has 0 spiro atoms. The van der Waals surface area contributed by atoms with E-state index in [9.17, 15) is 17.6 Å². The van der Waals surface area contributed by atoms with Gasteiger partial charge in [0.15, 0.2) is 0 Å². The molecule has 9 heteroatoms. The molecule has 2 aliphatic rings. The van der Waals surface area contributed by atoms with Gasteiger partial charge in [-0.25, -0.2) is 12.8 Å². The van der Waals surface area contributed by atoms with Gasteiger partial charge in [-0.05, 0) is 60.8 Å². The van der Waals surface area contributed by atoms with Gasteiger partial charge in [-0.3, -0.25) is 9.10 Å². The Balaban J connectivity index is 0.00000225. The first-order chi connectivity index (χ1) is 13.0. The Kier molecular flexibility index (Phi) is 5.92. The summed E-state index contributed by atoms with van der Waals surface area (Å²) in [6.45, 7) is 1.78. The quantitative estimate of drug-likeness (QED) is 0.792. The summed E-state index contributed by atoms with van der Waals surface area (Å²) in [7, 11) is -3.26. The second-order valence-corrected chi connectivity index (χ2v) is 8.75. The van der Waals surface area contributed by atoms with Gasteiger partial charge in [0.25, 0.3) is 5.91 Å². The Hall–Kier alpha value is -2.16. The van der Waals surface area contributed by atoms with Gasteiger partial charge in [0.05, 0.1) is 17.1 Å². The van der Waals surface area contributed by atoms with Crippen molar-refractivity contribution in [1.82, 2.24) is 5.32 Å². The third-order valence-corrected chi connectivity index (χ3v) is 6.84. The highest BCUT2D eigenvalue weighted by Gasteiger charge is 2.28. The molecule has 1 saturated heterocycles. The van der Waals surface area contributed by atoms with Gasteiger partial charge in [-0.2, -0.15) is 0 Å². The van der Waals surface area contributed by atoms with Crippen LogP contribution in [-0.4, -0.2) is 33.2 Å². The normalized spacial score (nSPS) is 17.5. The zero-order valence-corrected chi connectivity index (χ0v) is 16.7. The Bertz CT molecular complexity index is 996. The monoisotopic (exact) mass is 425 g/mol. The van der Waals surface area contributed by atoms with E-state index in [0.717, 1.165) is 5.56 Å². The first-order valence-corrected chi connectivity index (χ1v) is 10.5. The van der Waals surface area contributed by atoms with Crippen LogP contribution in [0.4, 0.5) is 15.8 Å². The van der Waals surface area contributed by atoms with E-state index < -0.39 is 15.9 Å². The largest absolute Gasteiger partial charge is 0.319 e. The molecule has 4 rings (SSSR count). The van der Waals surface area contributed by atoms with Crippen molar-refractivity contribution in [2.75, 3.05) is 28.5 Å². The smallest absolute Gasteiger partial charge is 0.255 e. The summed E-state index contributed by atoms with van der Waals surface area (Å²) in [5.74, 6) is -0.678. The number of hydrogen-bond acceptors (Lipinski definition) is 4. The van der Waals surface area contributed by atoms with E-state index in [4.69, 9.17) is 0 Å². The molecule has 2 aromatic carbocycles. The minimum absolute atomic E-state index is 0. The first kappa shape index (κ1) is 20.6. The van der Waals surface area contributed by atoms with Gasteiger partial charge >= 0.3 is 0 Å². The van der Waals surface area contributed by atoms with Crippen molar-refractivity contribution < 1.29 is 17.6 Å². The third kappa shape index (κ3) is 3.85. The lowest BCUT2D eigenvalue weighted by atomic mass is 9.99. The molecule has 0 atom stereocenters. The molecular formula is C19H21ClFN3O3S. The Morgan fingerprint density at radius 2 is 1.89 bits per heavy atom. The number of hydrogen-bond donors (Lipinski definition) is 2. The number of fused-ring (bicyclic) bond motifs is 1. The number of sulfonamides is 1. The van der Waals surface area contributed by atoms with Crippen molar-refractivity contribution in [3.63, 3.8) is 0 Å². The molecule has 28 heavy (non-hydrogen) atoms. The van der Waals surface area contributed by atoms with Gasteiger partial charge in [-0.1, -0.05) is 6.07 Å². The van der Waals surface area contributed by atoms with Crippen LogP contribution in [0, 0.1) is 5.82 Å². The maximum atomic E-state index is 14.7. The van der Waals surface area contributed by atoms with Crippen LogP contribution >= 0.6 is 12.4 Å². The molecule has 2 heterocycles. The van der Waals surface area contributed by atoms with Crippen LogP contribution in [-0.2, 0) is 23.0 Å². The van der Waals surface area contributed by atoms with Crippen molar-refractivity contribution in [2.45, 2.75) is 19.4 Å². The van der Waals surface area contributed by atoms with Crippen LogP contribution in [0.15, 0.2) is 36.4 Å². The molecule has 0 unspecified atom stereocenters. The molecule has 1 amide bonds. The molecule has 0 aliphatic carbocycles. The fourth-order valence-corrected chi connectivity index (χ4v) is 5.10. The van der Waals surface area contributed by atoms with E-state index in [1.54, 1.807) is 30.3 Å². The second kappa shape index (κ2) is 8.06. The zero-order valence-electron chi connectivity index (χ0n) is 15.1. The summed E-state index contributed by atoms with van der Waals surface area (Å²) in [6, 6.07) is 9.71. The number of carbonyl (C=O) groups is 1. The van der Waals surface area contributed by atoms with E-state index in [1.165, 1.54) is 4.31 Å². The highest BCUT2D eigenvalue weighted by molar-refractivity contribution is 7.93. The summed E-state index contributed by atoms with van der Waals surface area (Å²) >= 11 is 0. The summed E-state index contributed by atoms with van der Waals surface area (Å²) < 4.78 is 40.0. The molecule has 1 fully saturated rings. The highest BCUT2D eigenvalue weighted by atomic mass is 35.5. The predicted molar refractivity (Wildman–Crippen MR) is 109 cm³/mol. The van der Waals surface area contributed by atoms with Crippen molar-refractivity contribution in [1.29, 1.82) is 0 Å². The minimum atomic E-state index is -3.26. The van der Waals surface area contributed by atoms with Crippen LogP contribution in [0.25, 0.3) is 0 Å². The standard InChI is InChI=1S/C19H20FN3O3S.ClH/c20-18-16-8-9-21-12-14(16)4-7-17(18)22-19(24)13-2-5-15(6-3-13)23-10-1-11-27(23,25)26;/h2-7,21H,1,8-12H2,(H,22,24);1H. The average molecular weight is 426 g/mol. The number of rotatable bonds is 3. The molecule has 2 aliphatic heterocycles. The van der Waals surface area contributed by atoms with Crippen LogP contribution in [0.1, 0.15) is 27.9 Å². The molecule has 150 valence electrons. The predicted octanol–water partition coefficient (Wildman–Crippen LogP) is 2.69. The average Bonchev–Trinajstić information content (AvgIpc) is 3.03. The van der Waals surface area contributed by atoms with Crippen molar-refractivity contribution in [2.24, 2.45) is 0 Å². The maximum absolute atomic E-state index is 14.7. The van der Waals surface area contributed by atoms with Crippen LogP contribution in [0.2, 0.25) is 0 Å². The van der Waals surface area contributed by atoms with Crippen molar-refractivity contribution >= 4 is 39.7 Å². The van der Waals surface area contributed by atoms with Crippen molar-refractivity contribution in [3.8, 4) is 0 Å². The molecule has 2 aromatic rings. The third-order valence-electron chi connectivity index (χ3n) is 4.97. The molecule has 0 aromatic heterocycles. The van der Waals surface area contributed by atoms with E-state index in [-0.39, 0.29) is 29.7 Å². The van der Waals surface area contributed by atoms with Gasteiger partial charge in [0.1, 0.15) is 5.82 Å².